The molecule has 1 aromatic rings. The summed E-state index contributed by atoms with van der Waals surface area (Å²) in [5.74, 6) is -0.197. The Hall–Kier alpha value is -0.580. The van der Waals surface area contributed by atoms with E-state index in [9.17, 15) is 4.79 Å². The van der Waals surface area contributed by atoms with Gasteiger partial charge in [0, 0.05) is 10.2 Å². The number of nitrogens with two attached hydrogens (primary N) is 1. The molecule has 1 amide bonds. The molecule has 0 spiro atoms. The first-order valence-electron chi connectivity index (χ1n) is 5.42. The topological polar surface area (TPSA) is 55.1 Å². The highest BCUT2D eigenvalue weighted by Crippen LogP contribution is 2.26. The lowest BCUT2D eigenvalue weighted by Crippen LogP contribution is -2.48. The first kappa shape index (κ1) is 14.5. The molecule has 0 aliphatic rings. The van der Waals surface area contributed by atoms with E-state index in [2.05, 4.69) is 21.2 Å². The van der Waals surface area contributed by atoms with Gasteiger partial charge in [0.1, 0.15) is 0 Å². The molecule has 17 heavy (non-hydrogen) atoms. The van der Waals surface area contributed by atoms with Crippen LogP contribution in [0.3, 0.4) is 0 Å². The second kappa shape index (κ2) is 5.85. The highest BCUT2D eigenvalue weighted by Gasteiger charge is 2.27. The number of carbonyl (C=O) groups is 1. The maximum atomic E-state index is 11.9. The van der Waals surface area contributed by atoms with Crippen molar-refractivity contribution in [1.29, 1.82) is 0 Å². The van der Waals surface area contributed by atoms with Gasteiger partial charge in [-0.3, -0.25) is 4.79 Å². The monoisotopic (exact) mass is 318 g/mol. The Bertz CT molecular complexity index is 421. The lowest BCUT2D eigenvalue weighted by Gasteiger charge is -2.22. The summed E-state index contributed by atoms with van der Waals surface area (Å²) in [5, 5.41) is 3.32. The van der Waals surface area contributed by atoms with Crippen molar-refractivity contribution in [3.63, 3.8) is 0 Å². The third-order valence-corrected chi connectivity index (χ3v) is 3.70. The quantitative estimate of drug-likeness (QED) is 0.891. The first-order chi connectivity index (χ1) is 7.86. The molecule has 1 atom stereocenters. The minimum absolute atomic E-state index is 0.197. The van der Waals surface area contributed by atoms with Crippen molar-refractivity contribution in [2.75, 3.05) is 5.32 Å². The van der Waals surface area contributed by atoms with E-state index in [1.165, 1.54) is 0 Å². The molecule has 0 radical (unpaired) electrons. The smallest absolute Gasteiger partial charge is 0.244 e. The van der Waals surface area contributed by atoms with Gasteiger partial charge in [-0.1, -0.05) is 24.9 Å². The molecule has 0 aliphatic heterocycles. The second-order valence-corrected chi connectivity index (χ2v) is 5.51. The van der Waals surface area contributed by atoms with Crippen LogP contribution in [0.15, 0.2) is 22.7 Å². The Balaban J connectivity index is 2.77. The van der Waals surface area contributed by atoms with E-state index in [1.807, 2.05) is 6.92 Å². The zero-order valence-electron chi connectivity index (χ0n) is 9.89. The summed E-state index contributed by atoms with van der Waals surface area (Å²) in [5.41, 5.74) is 5.73. The number of benzene rings is 1. The van der Waals surface area contributed by atoms with Crippen LogP contribution < -0.4 is 11.1 Å². The average molecular weight is 320 g/mol. The predicted molar refractivity (Wildman–Crippen MR) is 75.3 cm³/mol. The summed E-state index contributed by atoms with van der Waals surface area (Å²) in [7, 11) is 0. The van der Waals surface area contributed by atoms with E-state index in [0.29, 0.717) is 17.1 Å². The molecular weight excluding hydrogens is 304 g/mol. The van der Waals surface area contributed by atoms with Crippen LogP contribution in [0.5, 0.6) is 0 Å². The van der Waals surface area contributed by atoms with E-state index < -0.39 is 5.54 Å². The van der Waals surface area contributed by atoms with Crippen molar-refractivity contribution in [3.05, 3.63) is 27.7 Å². The molecule has 1 rings (SSSR count). The Morgan fingerprint density at radius 1 is 1.59 bits per heavy atom. The third-order valence-electron chi connectivity index (χ3n) is 2.47. The third kappa shape index (κ3) is 3.98. The fourth-order valence-electron chi connectivity index (χ4n) is 1.48. The van der Waals surface area contributed by atoms with E-state index >= 15 is 0 Å². The second-order valence-electron chi connectivity index (χ2n) is 4.25. The molecule has 1 aromatic carbocycles. The van der Waals surface area contributed by atoms with Gasteiger partial charge in [-0.2, -0.15) is 0 Å². The molecule has 94 valence electrons. The fraction of sp³-hybridized carbons (Fsp3) is 0.417. The van der Waals surface area contributed by atoms with Gasteiger partial charge in [0.2, 0.25) is 5.91 Å². The first-order valence-corrected chi connectivity index (χ1v) is 6.59. The van der Waals surface area contributed by atoms with Gasteiger partial charge in [-0.05, 0) is 47.5 Å². The van der Waals surface area contributed by atoms with Gasteiger partial charge in [-0.15, -0.1) is 0 Å². The number of carbonyl (C=O) groups excluding carboxylic acids is 1. The summed E-state index contributed by atoms with van der Waals surface area (Å²) in [6, 6.07) is 5.24. The van der Waals surface area contributed by atoms with Gasteiger partial charge in [0.05, 0.1) is 10.6 Å². The molecule has 0 aromatic heterocycles. The van der Waals surface area contributed by atoms with Crippen LogP contribution in [0.4, 0.5) is 5.69 Å². The minimum Gasteiger partial charge on any atom is -0.324 e. The zero-order chi connectivity index (χ0) is 13.1. The maximum Gasteiger partial charge on any atom is 0.244 e. The van der Waals surface area contributed by atoms with Crippen LogP contribution in [0, 0.1) is 0 Å². The number of halogens is 2. The van der Waals surface area contributed by atoms with Gasteiger partial charge < -0.3 is 11.1 Å². The molecule has 0 bridgehead atoms. The summed E-state index contributed by atoms with van der Waals surface area (Å²) < 4.78 is 0.793. The molecular formula is C12H16BrClN2O. The van der Waals surface area contributed by atoms with Gasteiger partial charge in [0.15, 0.2) is 0 Å². The number of nitrogens with one attached hydrogen (secondary N) is 1. The molecule has 3 nitrogen and oxygen atoms in total. The van der Waals surface area contributed by atoms with Gasteiger partial charge in [-0.25, -0.2) is 0 Å². The predicted octanol–water partition coefficient (Wildman–Crippen LogP) is 3.56. The lowest BCUT2D eigenvalue weighted by atomic mass is 9.96. The summed E-state index contributed by atoms with van der Waals surface area (Å²) in [4.78, 5) is 11.9. The van der Waals surface area contributed by atoms with Crippen LogP contribution in [-0.2, 0) is 4.79 Å². The van der Waals surface area contributed by atoms with Crippen LogP contribution in [0.1, 0.15) is 26.7 Å². The van der Waals surface area contributed by atoms with Gasteiger partial charge >= 0.3 is 0 Å². The molecule has 0 aliphatic carbocycles. The number of rotatable bonds is 4. The summed E-state index contributed by atoms with van der Waals surface area (Å²) in [6.07, 6.45) is 1.50. The van der Waals surface area contributed by atoms with Crippen molar-refractivity contribution in [2.45, 2.75) is 32.2 Å². The van der Waals surface area contributed by atoms with E-state index in [4.69, 9.17) is 17.3 Å². The molecule has 0 saturated carbocycles. The van der Waals surface area contributed by atoms with Crippen molar-refractivity contribution in [2.24, 2.45) is 5.73 Å². The maximum absolute atomic E-state index is 11.9. The van der Waals surface area contributed by atoms with Crippen LogP contribution in [-0.4, -0.2) is 11.4 Å². The number of amides is 1. The molecule has 0 saturated heterocycles. The van der Waals surface area contributed by atoms with Crippen LogP contribution in [0.2, 0.25) is 5.02 Å². The molecule has 0 heterocycles. The Morgan fingerprint density at radius 2 is 2.24 bits per heavy atom. The van der Waals surface area contributed by atoms with Crippen molar-refractivity contribution in [3.8, 4) is 0 Å². The van der Waals surface area contributed by atoms with Gasteiger partial charge in [0.25, 0.3) is 0 Å². The van der Waals surface area contributed by atoms with Crippen LogP contribution >= 0.6 is 27.5 Å². The van der Waals surface area contributed by atoms with Crippen molar-refractivity contribution < 1.29 is 4.79 Å². The van der Waals surface area contributed by atoms with Crippen LogP contribution in [0.25, 0.3) is 0 Å². The van der Waals surface area contributed by atoms with Crippen molar-refractivity contribution >= 4 is 39.1 Å². The average Bonchev–Trinajstić information content (AvgIpc) is 2.23. The lowest BCUT2D eigenvalue weighted by molar-refractivity contribution is -0.120. The summed E-state index contributed by atoms with van der Waals surface area (Å²) in [6.45, 7) is 3.72. The zero-order valence-corrected chi connectivity index (χ0v) is 12.2. The fourth-order valence-corrected chi connectivity index (χ4v) is 1.91. The number of hydrogen-bond donors (Lipinski definition) is 2. The Morgan fingerprint density at radius 3 is 2.76 bits per heavy atom. The highest BCUT2D eigenvalue weighted by atomic mass is 79.9. The largest absolute Gasteiger partial charge is 0.324 e. The minimum atomic E-state index is -0.853. The molecule has 0 fully saturated rings. The Labute approximate surface area is 115 Å². The highest BCUT2D eigenvalue weighted by molar-refractivity contribution is 9.10. The summed E-state index contributed by atoms with van der Waals surface area (Å²) >= 11 is 9.23. The molecule has 5 heteroatoms. The van der Waals surface area contributed by atoms with Crippen molar-refractivity contribution in [1.82, 2.24) is 0 Å². The van der Waals surface area contributed by atoms with E-state index in [1.54, 1.807) is 25.1 Å². The standard InChI is InChI=1S/C12H16BrClN2O/c1-3-6-12(2,15)11(17)16-8-4-5-9(13)10(14)7-8/h4-5,7H,3,6,15H2,1-2H3,(H,16,17). The normalized spacial score (nSPS) is 14.2. The molecule has 3 N–H and O–H groups in total. The van der Waals surface area contributed by atoms with E-state index in [0.717, 1.165) is 10.9 Å². The number of anilines is 1. The Kier molecular flexibility index (Phi) is 4.98. The number of hydrogen-bond acceptors (Lipinski definition) is 2. The van der Waals surface area contributed by atoms with E-state index in [-0.39, 0.29) is 5.91 Å². The molecule has 1 unspecified atom stereocenters. The SMILES string of the molecule is CCCC(C)(N)C(=O)Nc1ccc(Br)c(Cl)c1.